The Morgan fingerprint density at radius 1 is 1.53 bits per heavy atom. The zero-order chi connectivity index (χ0) is 12.3. The molecule has 0 amide bonds. The van der Waals surface area contributed by atoms with E-state index in [0.29, 0.717) is 11.7 Å². The molecule has 1 aliphatic carbocycles. The third-order valence-electron chi connectivity index (χ3n) is 2.58. The highest BCUT2D eigenvalue weighted by Crippen LogP contribution is 2.18. The van der Waals surface area contributed by atoms with E-state index in [4.69, 9.17) is 4.42 Å². The van der Waals surface area contributed by atoms with Crippen LogP contribution in [0.1, 0.15) is 30.9 Å². The van der Waals surface area contributed by atoms with Gasteiger partial charge in [0.1, 0.15) is 11.5 Å². The number of hydrogen-bond acceptors (Lipinski definition) is 5. The summed E-state index contributed by atoms with van der Waals surface area (Å²) in [5, 5.41) is 3.41. The summed E-state index contributed by atoms with van der Waals surface area (Å²) >= 11 is 0. The Kier molecular flexibility index (Phi) is 3.83. The average molecular weight is 258 g/mol. The molecule has 1 fully saturated rings. The van der Waals surface area contributed by atoms with Crippen molar-refractivity contribution in [1.82, 2.24) is 10.3 Å². The number of rotatable bonds is 7. The second kappa shape index (κ2) is 5.18. The fourth-order valence-corrected chi connectivity index (χ4v) is 2.27. The van der Waals surface area contributed by atoms with Crippen LogP contribution in [-0.4, -0.2) is 32.2 Å². The number of aromatic nitrogens is 1. The van der Waals surface area contributed by atoms with Crippen molar-refractivity contribution in [2.45, 2.75) is 37.5 Å². The molecule has 0 atom stereocenters. The normalized spacial score (nSPS) is 16.3. The maximum Gasteiger partial charge on any atom is 0.194 e. The third-order valence-corrected chi connectivity index (χ3v) is 3.39. The fraction of sp³-hybridized carbons (Fsp3) is 0.727. The molecular formula is C11H18N2O3S. The molecule has 0 aliphatic heterocycles. The summed E-state index contributed by atoms with van der Waals surface area (Å²) in [5.41, 5.74) is 0. The van der Waals surface area contributed by atoms with Gasteiger partial charge in [0.2, 0.25) is 0 Å². The van der Waals surface area contributed by atoms with Crippen LogP contribution < -0.4 is 5.32 Å². The number of oxazole rings is 1. The molecule has 1 aliphatic rings. The van der Waals surface area contributed by atoms with Crippen molar-refractivity contribution in [1.29, 1.82) is 0 Å². The minimum atomic E-state index is -3.04. The van der Waals surface area contributed by atoms with Crippen LogP contribution in [0.4, 0.5) is 0 Å². The molecule has 2 rings (SSSR count). The highest BCUT2D eigenvalue weighted by atomic mass is 32.2. The van der Waals surface area contributed by atoms with E-state index in [1.165, 1.54) is 25.3 Å². The summed E-state index contributed by atoms with van der Waals surface area (Å²) in [7, 11) is -3.04. The predicted octanol–water partition coefficient (Wildman–Crippen LogP) is 0.904. The highest BCUT2D eigenvalue weighted by molar-refractivity contribution is 7.89. The number of hydrogen-bond donors (Lipinski definition) is 1. The third kappa shape index (κ3) is 4.87. The Morgan fingerprint density at radius 3 is 2.94 bits per heavy atom. The van der Waals surface area contributed by atoms with E-state index < -0.39 is 9.84 Å². The predicted molar refractivity (Wildman–Crippen MR) is 64.4 cm³/mol. The summed E-state index contributed by atoms with van der Waals surface area (Å²) in [5.74, 6) is 0.985. The maximum atomic E-state index is 11.1. The van der Waals surface area contributed by atoms with Gasteiger partial charge < -0.3 is 9.73 Å². The molecule has 0 saturated heterocycles. The van der Waals surface area contributed by atoms with Gasteiger partial charge in [-0.2, -0.15) is 0 Å². The quantitative estimate of drug-likeness (QED) is 0.736. The van der Waals surface area contributed by atoms with Crippen LogP contribution in [0.15, 0.2) is 10.6 Å². The fourth-order valence-electron chi connectivity index (χ4n) is 1.62. The van der Waals surface area contributed by atoms with E-state index in [0.717, 1.165) is 25.4 Å². The first-order chi connectivity index (χ1) is 8.03. The molecule has 5 nitrogen and oxygen atoms in total. The SMILES string of the molecule is CS(=O)(=O)Cc1cnc(CCCNC2CC2)o1. The average Bonchev–Trinajstić information content (AvgIpc) is 2.93. The van der Waals surface area contributed by atoms with Gasteiger partial charge >= 0.3 is 0 Å². The van der Waals surface area contributed by atoms with E-state index in [2.05, 4.69) is 10.3 Å². The smallest absolute Gasteiger partial charge is 0.194 e. The topological polar surface area (TPSA) is 72.2 Å². The lowest BCUT2D eigenvalue weighted by Gasteiger charge is -1.99. The van der Waals surface area contributed by atoms with Gasteiger partial charge in [0.05, 0.1) is 6.20 Å². The van der Waals surface area contributed by atoms with Crippen molar-refractivity contribution in [3.05, 3.63) is 17.8 Å². The van der Waals surface area contributed by atoms with E-state index in [-0.39, 0.29) is 5.75 Å². The summed E-state index contributed by atoms with van der Waals surface area (Å²) in [6.07, 6.45) is 6.99. The Hall–Kier alpha value is -0.880. The first kappa shape index (κ1) is 12.6. The van der Waals surface area contributed by atoms with Gasteiger partial charge in [0.15, 0.2) is 15.7 Å². The first-order valence-electron chi connectivity index (χ1n) is 5.87. The second-order valence-corrected chi connectivity index (χ2v) is 6.76. The van der Waals surface area contributed by atoms with Gasteiger partial charge in [0, 0.05) is 18.7 Å². The van der Waals surface area contributed by atoms with Gasteiger partial charge in [0.25, 0.3) is 0 Å². The lowest BCUT2D eigenvalue weighted by Crippen LogP contribution is -2.17. The molecule has 0 aromatic carbocycles. The molecule has 96 valence electrons. The first-order valence-corrected chi connectivity index (χ1v) is 7.94. The lowest BCUT2D eigenvalue weighted by atomic mass is 10.3. The maximum absolute atomic E-state index is 11.1. The molecule has 17 heavy (non-hydrogen) atoms. The van der Waals surface area contributed by atoms with Crippen molar-refractivity contribution in [3.8, 4) is 0 Å². The molecule has 1 N–H and O–H groups in total. The van der Waals surface area contributed by atoms with Crippen molar-refractivity contribution in [2.24, 2.45) is 0 Å². The van der Waals surface area contributed by atoms with E-state index in [9.17, 15) is 8.42 Å². The summed E-state index contributed by atoms with van der Waals surface area (Å²) in [4.78, 5) is 4.07. The Balaban J connectivity index is 1.73. The van der Waals surface area contributed by atoms with Crippen LogP contribution in [-0.2, 0) is 22.0 Å². The molecule has 1 heterocycles. The zero-order valence-corrected chi connectivity index (χ0v) is 10.8. The minimum Gasteiger partial charge on any atom is -0.445 e. The molecule has 1 saturated carbocycles. The Bertz CT molecular complexity index is 463. The van der Waals surface area contributed by atoms with Gasteiger partial charge in [-0.05, 0) is 25.8 Å². The van der Waals surface area contributed by atoms with E-state index >= 15 is 0 Å². The van der Waals surface area contributed by atoms with Crippen LogP contribution in [0.3, 0.4) is 0 Å². The standard InChI is InChI=1S/C11H18N2O3S/c1-17(14,15)8-10-7-13-11(16-10)3-2-6-12-9-4-5-9/h7,9,12H,2-6,8H2,1H3. The largest absolute Gasteiger partial charge is 0.445 e. The van der Waals surface area contributed by atoms with Crippen molar-refractivity contribution >= 4 is 9.84 Å². The molecule has 0 bridgehead atoms. The van der Waals surface area contributed by atoms with E-state index in [1.54, 1.807) is 0 Å². The van der Waals surface area contributed by atoms with Crippen molar-refractivity contribution < 1.29 is 12.8 Å². The monoisotopic (exact) mass is 258 g/mol. The van der Waals surface area contributed by atoms with Gasteiger partial charge in [-0.3, -0.25) is 0 Å². The number of nitrogens with one attached hydrogen (secondary N) is 1. The van der Waals surface area contributed by atoms with Crippen LogP contribution in [0, 0.1) is 0 Å². The molecule has 1 aromatic heterocycles. The number of sulfone groups is 1. The van der Waals surface area contributed by atoms with Gasteiger partial charge in [-0.15, -0.1) is 0 Å². The Labute approximate surface area is 102 Å². The summed E-state index contributed by atoms with van der Waals surface area (Å²) in [6, 6.07) is 0.723. The molecule has 0 radical (unpaired) electrons. The number of nitrogens with zero attached hydrogens (tertiary/aromatic N) is 1. The second-order valence-electron chi connectivity index (χ2n) is 4.62. The van der Waals surface area contributed by atoms with Crippen LogP contribution in [0.25, 0.3) is 0 Å². The van der Waals surface area contributed by atoms with Crippen molar-refractivity contribution in [3.63, 3.8) is 0 Å². The van der Waals surface area contributed by atoms with E-state index in [1.807, 2.05) is 0 Å². The molecule has 6 heteroatoms. The molecular weight excluding hydrogens is 240 g/mol. The zero-order valence-electron chi connectivity index (χ0n) is 9.98. The lowest BCUT2D eigenvalue weighted by molar-refractivity contribution is 0.455. The van der Waals surface area contributed by atoms with Crippen LogP contribution in [0.5, 0.6) is 0 Å². The van der Waals surface area contributed by atoms with Crippen LogP contribution >= 0.6 is 0 Å². The van der Waals surface area contributed by atoms with Gasteiger partial charge in [-0.25, -0.2) is 13.4 Å². The summed E-state index contributed by atoms with van der Waals surface area (Å²) < 4.78 is 27.5. The van der Waals surface area contributed by atoms with Crippen LogP contribution in [0.2, 0.25) is 0 Å². The molecule has 1 aromatic rings. The number of aryl methyl sites for hydroxylation is 1. The minimum absolute atomic E-state index is 0.0691. The highest BCUT2D eigenvalue weighted by Gasteiger charge is 2.19. The van der Waals surface area contributed by atoms with Gasteiger partial charge in [-0.1, -0.05) is 0 Å². The summed E-state index contributed by atoms with van der Waals surface area (Å²) in [6.45, 7) is 0.967. The molecule has 0 spiro atoms. The molecule has 0 unspecified atom stereocenters. The van der Waals surface area contributed by atoms with Crippen molar-refractivity contribution in [2.75, 3.05) is 12.8 Å². The Morgan fingerprint density at radius 2 is 2.29 bits per heavy atom.